The van der Waals surface area contributed by atoms with Crippen LogP contribution in [0.15, 0.2) is 65.6 Å². The Bertz CT molecular complexity index is 1710. The zero-order chi connectivity index (χ0) is 32.3. The standard InChI is InChI=1S/C35H42N4O5S/c1-22-7-13-29(45(43,44)39(2)3)19-31(22)26-6-4-5-24(15-26)16-27(17-33(40)25-10-8-23(20-36)9-11-25)35(42)38-28-12-14-30-32(18-28)37-21-34(30)41/h4-7,12-15,18-19,23,25,27,37H,8-11,16-17,20-21,36H2,1-3H3,(H,38,42)/t23?,25?,27-/m1/s1. The number of anilines is 2. The van der Waals surface area contributed by atoms with E-state index in [4.69, 9.17) is 5.73 Å². The van der Waals surface area contributed by atoms with Crippen LogP contribution >= 0.6 is 0 Å². The second kappa shape index (κ2) is 13.6. The van der Waals surface area contributed by atoms with Crippen LogP contribution in [-0.2, 0) is 26.0 Å². The molecule has 1 heterocycles. The third-order valence-electron chi connectivity index (χ3n) is 9.19. The molecule has 1 fully saturated rings. The number of nitrogens with two attached hydrogens (primary N) is 1. The van der Waals surface area contributed by atoms with Gasteiger partial charge in [-0.25, -0.2) is 12.7 Å². The molecule has 9 nitrogen and oxygen atoms in total. The fourth-order valence-electron chi connectivity index (χ4n) is 6.35. The molecule has 1 atom stereocenters. The smallest absolute Gasteiger partial charge is 0.242 e. The first-order valence-electron chi connectivity index (χ1n) is 15.5. The average molecular weight is 631 g/mol. The number of Topliss-reactive ketones (excluding diaryl/α,β-unsaturated/α-hetero) is 2. The highest BCUT2D eigenvalue weighted by atomic mass is 32.2. The van der Waals surface area contributed by atoms with Gasteiger partial charge in [0.05, 0.1) is 11.4 Å². The summed E-state index contributed by atoms with van der Waals surface area (Å²) in [5.74, 6) is -0.399. The van der Waals surface area contributed by atoms with E-state index in [2.05, 4.69) is 10.6 Å². The monoisotopic (exact) mass is 630 g/mol. The molecule has 5 rings (SSSR count). The first kappa shape index (κ1) is 32.5. The molecular formula is C35H42N4O5S. The number of nitrogens with zero attached hydrogens (tertiary/aromatic N) is 1. The molecule has 3 aromatic rings. The van der Waals surface area contributed by atoms with Gasteiger partial charge in [-0.05, 0) is 104 Å². The Morgan fingerprint density at radius 1 is 1.00 bits per heavy atom. The van der Waals surface area contributed by atoms with E-state index in [9.17, 15) is 22.8 Å². The molecule has 238 valence electrons. The molecule has 0 spiro atoms. The van der Waals surface area contributed by atoms with Crippen LogP contribution < -0.4 is 16.4 Å². The number of ketones is 2. The molecule has 2 aliphatic rings. The second-order valence-corrected chi connectivity index (χ2v) is 14.7. The van der Waals surface area contributed by atoms with Crippen molar-refractivity contribution in [2.24, 2.45) is 23.5 Å². The summed E-state index contributed by atoms with van der Waals surface area (Å²) in [6, 6.07) is 18.0. The molecule has 0 bridgehead atoms. The van der Waals surface area contributed by atoms with Crippen LogP contribution in [0.2, 0.25) is 0 Å². The fraction of sp³-hybridized carbons (Fsp3) is 0.400. The van der Waals surface area contributed by atoms with Crippen molar-refractivity contribution in [2.45, 2.75) is 50.3 Å². The summed E-state index contributed by atoms with van der Waals surface area (Å²) in [5.41, 5.74) is 11.1. The van der Waals surface area contributed by atoms with Gasteiger partial charge in [0.2, 0.25) is 15.9 Å². The minimum atomic E-state index is -3.62. The number of hydrogen-bond acceptors (Lipinski definition) is 7. The van der Waals surface area contributed by atoms with Crippen LogP contribution in [0, 0.1) is 24.7 Å². The molecule has 45 heavy (non-hydrogen) atoms. The maximum Gasteiger partial charge on any atom is 0.242 e. The lowest BCUT2D eigenvalue weighted by atomic mass is 9.77. The normalized spacial score (nSPS) is 18.7. The molecule has 0 aromatic heterocycles. The number of amides is 1. The third-order valence-corrected chi connectivity index (χ3v) is 11.0. The minimum absolute atomic E-state index is 0.00988. The Labute approximate surface area is 265 Å². The number of fused-ring (bicyclic) bond motifs is 1. The quantitative estimate of drug-likeness (QED) is 0.270. The van der Waals surface area contributed by atoms with Crippen LogP contribution in [0.25, 0.3) is 11.1 Å². The predicted octanol–water partition coefficient (Wildman–Crippen LogP) is 5.04. The van der Waals surface area contributed by atoms with Gasteiger partial charge in [0.25, 0.3) is 0 Å². The van der Waals surface area contributed by atoms with Crippen LogP contribution in [0.1, 0.15) is 53.6 Å². The van der Waals surface area contributed by atoms with E-state index in [0.29, 0.717) is 35.8 Å². The van der Waals surface area contributed by atoms with Crippen LogP contribution in [0.3, 0.4) is 0 Å². The number of nitrogens with one attached hydrogen (secondary N) is 2. The molecule has 1 amide bonds. The van der Waals surface area contributed by atoms with Crippen molar-refractivity contribution in [1.29, 1.82) is 0 Å². The highest BCUT2D eigenvalue weighted by Gasteiger charge is 2.30. The molecule has 3 aromatic carbocycles. The lowest BCUT2D eigenvalue weighted by Crippen LogP contribution is -2.31. The Morgan fingerprint density at radius 3 is 2.47 bits per heavy atom. The van der Waals surface area contributed by atoms with Crippen LogP contribution in [0.4, 0.5) is 11.4 Å². The Balaban J connectivity index is 1.40. The topological polar surface area (TPSA) is 139 Å². The molecule has 4 N–H and O–H groups in total. The zero-order valence-electron chi connectivity index (χ0n) is 26.1. The lowest BCUT2D eigenvalue weighted by molar-refractivity contribution is -0.129. The number of benzene rings is 3. The number of hydrogen-bond donors (Lipinski definition) is 3. The maximum atomic E-state index is 13.8. The summed E-state index contributed by atoms with van der Waals surface area (Å²) in [6.45, 7) is 2.80. The summed E-state index contributed by atoms with van der Waals surface area (Å²) in [5, 5.41) is 6.05. The van der Waals surface area contributed by atoms with Gasteiger partial charge in [0.1, 0.15) is 5.78 Å². The van der Waals surface area contributed by atoms with E-state index in [1.165, 1.54) is 18.4 Å². The van der Waals surface area contributed by atoms with Crippen molar-refractivity contribution in [2.75, 3.05) is 37.8 Å². The van der Waals surface area contributed by atoms with Gasteiger partial charge in [-0.3, -0.25) is 14.4 Å². The van der Waals surface area contributed by atoms with Gasteiger partial charge in [0, 0.05) is 49.3 Å². The summed E-state index contributed by atoms with van der Waals surface area (Å²) in [4.78, 5) is 39.6. The van der Waals surface area contributed by atoms with Crippen molar-refractivity contribution in [3.05, 3.63) is 77.4 Å². The van der Waals surface area contributed by atoms with Crippen molar-refractivity contribution < 1.29 is 22.8 Å². The minimum Gasteiger partial charge on any atom is -0.377 e. The number of aryl methyl sites for hydroxylation is 1. The summed E-state index contributed by atoms with van der Waals surface area (Å²) < 4.78 is 26.9. The van der Waals surface area contributed by atoms with Gasteiger partial charge >= 0.3 is 0 Å². The molecule has 1 aliphatic heterocycles. The van der Waals surface area contributed by atoms with E-state index in [-0.39, 0.29) is 41.3 Å². The van der Waals surface area contributed by atoms with Gasteiger partial charge in [0.15, 0.2) is 5.78 Å². The van der Waals surface area contributed by atoms with E-state index in [1.807, 2.05) is 31.2 Å². The van der Waals surface area contributed by atoms with E-state index in [0.717, 1.165) is 47.9 Å². The van der Waals surface area contributed by atoms with Gasteiger partial charge in [-0.1, -0.05) is 30.3 Å². The maximum absolute atomic E-state index is 13.8. The van der Waals surface area contributed by atoms with Crippen molar-refractivity contribution >= 4 is 38.9 Å². The largest absolute Gasteiger partial charge is 0.377 e. The van der Waals surface area contributed by atoms with Crippen molar-refractivity contribution in [3.63, 3.8) is 0 Å². The molecule has 1 saturated carbocycles. The predicted molar refractivity (Wildman–Crippen MR) is 177 cm³/mol. The number of sulfonamides is 1. The molecule has 10 heteroatoms. The number of carbonyl (C=O) groups is 3. The highest BCUT2D eigenvalue weighted by Crippen LogP contribution is 2.33. The van der Waals surface area contributed by atoms with Crippen molar-refractivity contribution in [3.8, 4) is 11.1 Å². The third kappa shape index (κ3) is 7.35. The summed E-state index contributed by atoms with van der Waals surface area (Å²) in [7, 11) is -0.609. The van der Waals surface area contributed by atoms with Crippen LogP contribution in [-0.4, -0.2) is 57.4 Å². The number of carbonyl (C=O) groups excluding carboxylic acids is 3. The van der Waals surface area contributed by atoms with E-state index >= 15 is 0 Å². The molecular weight excluding hydrogens is 588 g/mol. The number of rotatable bonds is 11. The summed E-state index contributed by atoms with van der Waals surface area (Å²) in [6.07, 6.45) is 3.88. The average Bonchev–Trinajstić information content (AvgIpc) is 3.40. The van der Waals surface area contributed by atoms with E-state index in [1.54, 1.807) is 36.4 Å². The first-order chi connectivity index (χ1) is 21.5. The zero-order valence-corrected chi connectivity index (χ0v) is 27.0. The van der Waals surface area contributed by atoms with Gasteiger partial charge in [-0.2, -0.15) is 0 Å². The molecule has 0 radical (unpaired) electrons. The Kier molecular flexibility index (Phi) is 9.86. The molecule has 1 aliphatic carbocycles. The fourth-order valence-corrected chi connectivity index (χ4v) is 7.28. The Hall–Kier alpha value is -3.86. The van der Waals surface area contributed by atoms with Crippen molar-refractivity contribution in [1.82, 2.24) is 4.31 Å². The molecule has 0 saturated heterocycles. The molecule has 0 unspecified atom stereocenters. The van der Waals surface area contributed by atoms with E-state index < -0.39 is 15.9 Å². The lowest BCUT2D eigenvalue weighted by Gasteiger charge is -2.28. The van der Waals surface area contributed by atoms with Crippen LogP contribution in [0.5, 0.6) is 0 Å². The Morgan fingerprint density at radius 2 is 1.76 bits per heavy atom. The highest BCUT2D eigenvalue weighted by molar-refractivity contribution is 7.89. The SMILES string of the molecule is Cc1ccc(S(=O)(=O)N(C)C)cc1-c1cccc(C[C@H](CC(=O)C2CCC(CN)CC2)C(=O)Nc2ccc3c(c2)NCC3=O)c1. The second-order valence-electron chi connectivity index (χ2n) is 12.5. The first-order valence-corrected chi connectivity index (χ1v) is 17.0. The van der Waals surface area contributed by atoms with Gasteiger partial charge < -0.3 is 16.4 Å². The summed E-state index contributed by atoms with van der Waals surface area (Å²) >= 11 is 0. The van der Waals surface area contributed by atoms with Gasteiger partial charge in [-0.15, -0.1) is 0 Å².